The fourth-order valence-electron chi connectivity index (χ4n) is 4.48. The summed E-state index contributed by atoms with van der Waals surface area (Å²) in [7, 11) is 6.53. The van der Waals surface area contributed by atoms with Crippen LogP contribution in [0.15, 0.2) is 54.0 Å². The van der Waals surface area contributed by atoms with E-state index in [9.17, 15) is 24.0 Å². The largest absolute Gasteiger partial charge is 0.388 e. The summed E-state index contributed by atoms with van der Waals surface area (Å²) in [5.74, 6) is -2.28. The van der Waals surface area contributed by atoms with Gasteiger partial charge in [-0.05, 0) is 34.1 Å². The van der Waals surface area contributed by atoms with E-state index in [2.05, 4.69) is 54.1 Å². The molecule has 0 unspecified atom stereocenters. The van der Waals surface area contributed by atoms with Gasteiger partial charge >= 0.3 is 0 Å². The lowest BCUT2D eigenvalue weighted by Crippen LogP contribution is -2.28. The van der Waals surface area contributed by atoms with E-state index < -0.39 is 23.6 Å². The SMILES string of the molecule is C=C(Br)C(=O)Nc1cn(C)c(C(=O)Nc2cc(C(=O)Nc3cc(C(=O)Nc4cc(C(=O)NCCC(=N)N)n(C)c4)n(C)c3)n(C)c2)n1.Cl. The Hall–Kier alpha value is -5.62. The Morgan fingerprint density at radius 3 is 1.62 bits per heavy atom. The van der Waals surface area contributed by atoms with Gasteiger partial charge in [-0.3, -0.25) is 29.4 Å². The van der Waals surface area contributed by atoms with E-state index in [0.29, 0.717) is 22.8 Å². The molecule has 4 heterocycles. The average molecular weight is 746 g/mol. The van der Waals surface area contributed by atoms with Crippen molar-refractivity contribution in [1.82, 2.24) is 28.6 Å². The number of amidine groups is 1. The molecule has 17 nitrogen and oxygen atoms in total. The van der Waals surface area contributed by atoms with Crippen molar-refractivity contribution in [3.05, 3.63) is 77.0 Å². The van der Waals surface area contributed by atoms with E-state index >= 15 is 0 Å². The molecule has 0 atom stereocenters. The normalized spacial score (nSPS) is 10.4. The van der Waals surface area contributed by atoms with Crippen LogP contribution in [0.1, 0.15) is 48.5 Å². The maximum atomic E-state index is 13.1. The lowest BCUT2D eigenvalue weighted by atomic mass is 10.3. The molecule has 4 rings (SSSR count). The summed E-state index contributed by atoms with van der Waals surface area (Å²) in [6.45, 7) is 3.70. The molecule has 0 aromatic carbocycles. The number of imidazole rings is 1. The van der Waals surface area contributed by atoms with Crippen LogP contribution in [-0.2, 0) is 33.0 Å². The molecule has 0 spiro atoms. The van der Waals surface area contributed by atoms with E-state index in [1.54, 1.807) is 51.3 Å². The van der Waals surface area contributed by atoms with Gasteiger partial charge in [0.2, 0.25) is 5.82 Å². The zero-order valence-electron chi connectivity index (χ0n) is 26.3. The smallest absolute Gasteiger partial charge is 0.291 e. The Morgan fingerprint density at radius 1 is 0.750 bits per heavy atom. The average Bonchev–Trinajstić information content (AvgIpc) is 3.73. The van der Waals surface area contributed by atoms with Crippen molar-refractivity contribution in [1.29, 1.82) is 5.41 Å². The van der Waals surface area contributed by atoms with E-state index in [4.69, 9.17) is 11.1 Å². The van der Waals surface area contributed by atoms with Gasteiger partial charge in [-0.15, -0.1) is 12.4 Å². The van der Waals surface area contributed by atoms with Crippen LogP contribution in [0, 0.1) is 5.41 Å². The first-order valence-electron chi connectivity index (χ1n) is 13.9. The summed E-state index contributed by atoms with van der Waals surface area (Å²) in [5, 5.41) is 20.6. The zero-order chi connectivity index (χ0) is 34.6. The summed E-state index contributed by atoms with van der Waals surface area (Å²) in [5.41, 5.74) is 7.14. The van der Waals surface area contributed by atoms with E-state index in [0.717, 1.165) is 0 Å². The number of carbonyl (C=O) groups is 5. The number of halogens is 2. The number of hydrogen-bond acceptors (Lipinski definition) is 7. The van der Waals surface area contributed by atoms with Crippen LogP contribution in [0.4, 0.5) is 22.9 Å². The van der Waals surface area contributed by atoms with Crippen LogP contribution in [0.2, 0.25) is 0 Å². The first-order chi connectivity index (χ1) is 22.1. The highest BCUT2D eigenvalue weighted by molar-refractivity contribution is 9.12. The second-order valence-corrected chi connectivity index (χ2v) is 11.4. The molecule has 19 heteroatoms. The van der Waals surface area contributed by atoms with E-state index in [-0.39, 0.29) is 64.6 Å². The lowest BCUT2D eigenvalue weighted by molar-refractivity contribution is -0.112. The van der Waals surface area contributed by atoms with Gasteiger partial charge < -0.3 is 50.6 Å². The number of carbonyl (C=O) groups excluding carboxylic acids is 5. The van der Waals surface area contributed by atoms with E-state index in [1.165, 1.54) is 38.1 Å². The second kappa shape index (κ2) is 15.3. The number of aromatic nitrogens is 5. The Bertz CT molecular complexity index is 1930. The predicted octanol–water partition coefficient (Wildman–Crippen LogP) is 2.52. The molecule has 0 bridgehead atoms. The Balaban J connectivity index is 0.00000625. The minimum absolute atomic E-state index is 0. The van der Waals surface area contributed by atoms with Crippen LogP contribution in [0.3, 0.4) is 0 Å². The number of amides is 5. The van der Waals surface area contributed by atoms with Crippen LogP contribution in [-0.4, -0.2) is 65.2 Å². The third kappa shape index (κ3) is 8.80. The van der Waals surface area contributed by atoms with Gasteiger partial charge in [0.15, 0.2) is 5.82 Å². The molecule has 8 N–H and O–H groups in total. The number of aryl methyl sites for hydroxylation is 4. The Kier molecular flexibility index (Phi) is 11.8. The van der Waals surface area contributed by atoms with Gasteiger partial charge in [-0.25, -0.2) is 4.98 Å². The Labute approximate surface area is 289 Å². The summed E-state index contributed by atoms with van der Waals surface area (Å²) in [4.78, 5) is 67.5. The number of hydrogen-bond donors (Lipinski definition) is 7. The predicted molar refractivity (Wildman–Crippen MR) is 186 cm³/mol. The highest BCUT2D eigenvalue weighted by Crippen LogP contribution is 2.20. The molecular weight excluding hydrogens is 712 g/mol. The molecule has 0 aliphatic rings. The van der Waals surface area contributed by atoms with Crippen LogP contribution >= 0.6 is 28.3 Å². The van der Waals surface area contributed by atoms with Gasteiger partial charge in [0.1, 0.15) is 17.1 Å². The van der Waals surface area contributed by atoms with Gasteiger partial charge in [-0.1, -0.05) is 6.58 Å². The molecule has 4 aromatic rings. The number of nitrogens with two attached hydrogens (primary N) is 1. The molecule has 0 saturated carbocycles. The molecular formula is C29H34BrClN12O5. The standard InChI is InChI=1S/C29H33BrN12O5.ClH/c1-15(30)25(43)38-23-14-42(5)24(37-23)29(47)36-18-10-21(41(4)13-18)28(46)35-17-9-20(40(3)12-17)27(45)34-16-8-19(39(2)11-16)26(44)33-7-6-22(31)32;/h8-14H,1,6-7H2,2-5H3,(H3,31,32)(H,33,44)(H,34,45)(H,35,46)(H,36,47)(H,38,43);1H. The highest BCUT2D eigenvalue weighted by atomic mass is 79.9. The van der Waals surface area contributed by atoms with E-state index in [1.807, 2.05) is 0 Å². The molecule has 0 fully saturated rings. The van der Waals surface area contributed by atoms with Crippen LogP contribution in [0.5, 0.6) is 0 Å². The van der Waals surface area contributed by atoms with Crippen molar-refractivity contribution in [2.45, 2.75) is 6.42 Å². The lowest BCUT2D eigenvalue weighted by Gasteiger charge is -2.04. The highest BCUT2D eigenvalue weighted by Gasteiger charge is 2.21. The summed E-state index contributed by atoms with van der Waals surface area (Å²) in [6, 6.07) is 4.50. The van der Waals surface area contributed by atoms with Crippen LogP contribution < -0.4 is 32.3 Å². The molecule has 48 heavy (non-hydrogen) atoms. The first-order valence-corrected chi connectivity index (χ1v) is 14.7. The monoisotopic (exact) mass is 744 g/mol. The first kappa shape index (κ1) is 36.8. The van der Waals surface area contributed by atoms with Crippen LogP contribution in [0.25, 0.3) is 0 Å². The molecule has 5 amide bonds. The van der Waals surface area contributed by atoms with Gasteiger partial charge in [0.25, 0.3) is 29.5 Å². The molecule has 254 valence electrons. The second-order valence-electron chi connectivity index (χ2n) is 10.5. The topological polar surface area (TPSA) is 228 Å². The number of nitrogens with zero attached hydrogens (tertiary/aromatic N) is 5. The third-order valence-electron chi connectivity index (χ3n) is 6.73. The number of rotatable bonds is 12. The fourth-order valence-corrected chi connectivity index (χ4v) is 4.58. The van der Waals surface area contributed by atoms with Crippen molar-refractivity contribution in [2.75, 3.05) is 27.8 Å². The molecule has 4 aromatic heterocycles. The van der Waals surface area contributed by atoms with Gasteiger partial charge in [0, 0.05) is 65.9 Å². The van der Waals surface area contributed by atoms with Gasteiger partial charge in [0.05, 0.1) is 27.4 Å². The minimum atomic E-state index is -0.568. The van der Waals surface area contributed by atoms with Crippen molar-refractivity contribution in [3.8, 4) is 0 Å². The number of nitrogens with one attached hydrogen (secondary N) is 6. The maximum Gasteiger partial charge on any atom is 0.291 e. The molecule has 0 saturated heterocycles. The molecule has 0 aliphatic heterocycles. The minimum Gasteiger partial charge on any atom is -0.388 e. The molecule has 0 aliphatic carbocycles. The summed E-state index contributed by atoms with van der Waals surface area (Å²) in [6.07, 6.45) is 6.40. The molecule has 0 radical (unpaired) electrons. The number of anilines is 4. The fraction of sp³-hybridized carbons (Fsp3) is 0.207. The third-order valence-corrected chi connectivity index (χ3v) is 7.09. The van der Waals surface area contributed by atoms with Gasteiger partial charge in [-0.2, -0.15) is 0 Å². The summed E-state index contributed by atoms with van der Waals surface area (Å²) < 4.78 is 6.16. The summed E-state index contributed by atoms with van der Waals surface area (Å²) >= 11 is 2.98. The van der Waals surface area contributed by atoms with Crippen molar-refractivity contribution in [3.63, 3.8) is 0 Å². The van der Waals surface area contributed by atoms with Crippen molar-refractivity contribution in [2.24, 2.45) is 33.9 Å². The van der Waals surface area contributed by atoms with Crippen molar-refractivity contribution < 1.29 is 24.0 Å². The maximum absolute atomic E-state index is 13.1. The Morgan fingerprint density at radius 2 is 1.19 bits per heavy atom. The van der Waals surface area contributed by atoms with Crippen molar-refractivity contribution >= 4 is 86.6 Å². The zero-order valence-corrected chi connectivity index (χ0v) is 28.7. The quantitative estimate of drug-likeness (QED) is 0.0651.